The zero-order valence-corrected chi connectivity index (χ0v) is 16.5. The minimum Gasteiger partial charge on any atom is -0.492 e. The Morgan fingerprint density at radius 2 is 1.96 bits per heavy atom. The molecular formula is C20H24Cl2O4. The Morgan fingerprint density at radius 1 is 1.27 bits per heavy atom. The van der Waals surface area contributed by atoms with Gasteiger partial charge in [0.25, 0.3) is 0 Å². The zero-order valence-electron chi connectivity index (χ0n) is 14.9. The predicted octanol–water partition coefficient (Wildman–Crippen LogP) is 5.56. The first kappa shape index (κ1) is 19.5. The predicted molar refractivity (Wildman–Crippen MR) is 102 cm³/mol. The molecule has 142 valence electrons. The molecule has 0 bridgehead atoms. The standard InChI is InChI=1S/C20H24Cl2O4/c1-20(13-6-2-3-7-13)11-12-10-14(26-9-5-4-8-15(23)24)17(21)18(22)16(12)19(20)25/h10,13H,2-9,11H2,1H3,(H,23,24). The second-order valence-electron chi connectivity index (χ2n) is 7.64. The molecule has 0 saturated heterocycles. The van der Waals surface area contributed by atoms with Gasteiger partial charge in [-0.1, -0.05) is 43.0 Å². The smallest absolute Gasteiger partial charge is 0.303 e. The van der Waals surface area contributed by atoms with Gasteiger partial charge in [0.1, 0.15) is 10.8 Å². The molecule has 2 aliphatic rings. The SMILES string of the molecule is CC1(C2CCCC2)Cc2cc(OCCCCC(=O)O)c(Cl)c(Cl)c2C1=O. The monoisotopic (exact) mass is 398 g/mol. The van der Waals surface area contributed by atoms with E-state index in [4.69, 9.17) is 33.0 Å². The quantitative estimate of drug-likeness (QED) is 0.610. The summed E-state index contributed by atoms with van der Waals surface area (Å²) in [5.74, 6) is 0.180. The Labute approximate surface area is 163 Å². The molecule has 2 aliphatic carbocycles. The molecule has 1 saturated carbocycles. The average Bonchev–Trinajstić information content (AvgIpc) is 3.20. The fraction of sp³-hybridized carbons (Fsp3) is 0.600. The van der Waals surface area contributed by atoms with Crippen LogP contribution in [0.15, 0.2) is 6.07 Å². The van der Waals surface area contributed by atoms with Crippen molar-refractivity contribution in [2.24, 2.45) is 11.3 Å². The number of unbranched alkanes of at least 4 members (excludes halogenated alkanes) is 1. The van der Waals surface area contributed by atoms with E-state index in [-0.39, 0.29) is 22.2 Å². The maximum atomic E-state index is 13.1. The summed E-state index contributed by atoms with van der Waals surface area (Å²) in [7, 11) is 0. The Balaban J connectivity index is 1.76. The molecule has 0 amide bonds. The number of benzene rings is 1. The number of fused-ring (bicyclic) bond motifs is 1. The summed E-state index contributed by atoms with van der Waals surface area (Å²) in [5.41, 5.74) is 1.08. The van der Waals surface area contributed by atoms with Gasteiger partial charge in [-0.3, -0.25) is 9.59 Å². The molecule has 1 fully saturated rings. The van der Waals surface area contributed by atoms with E-state index >= 15 is 0 Å². The molecule has 0 aromatic heterocycles. The Kier molecular flexibility index (Phi) is 5.83. The van der Waals surface area contributed by atoms with Crippen molar-refractivity contribution in [3.63, 3.8) is 0 Å². The van der Waals surface area contributed by atoms with E-state index in [0.717, 1.165) is 18.4 Å². The van der Waals surface area contributed by atoms with Crippen molar-refractivity contribution >= 4 is 35.0 Å². The molecule has 1 aromatic carbocycles. The fourth-order valence-electron chi connectivity index (χ4n) is 4.36. The van der Waals surface area contributed by atoms with Crippen LogP contribution in [0.2, 0.25) is 10.0 Å². The van der Waals surface area contributed by atoms with Crippen molar-refractivity contribution < 1.29 is 19.4 Å². The molecule has 26 heavy (non-hydrogen) atoms. The topological polar surface area (TPSA) is 63.6 Å². The third-order valence-electron chi connectivity index (χ3n) is 5.86. The molecule has 0 radical (unpaired) electrons. The molecule has 1 aromatic rings. The second kappa shape index (κ2) is 7.77. The fourth-order valence-corrected chi connectivity index (χ4v) is 4.86. The number of carbonyl (C=O) groups excluding carboxylic acids is 1. The van der Waals surface area contributed by atoms with Crippen LogP contribution in [0.4, 0.5) is 0 Å². The van der Waals surface area contributed by atoms with Crippen molar-refractivity contribution in [1.82, 2.24) is 0 Å². The second-order valence-corrected chi connectivity index (χ2v) is 8.40. The molecular weight excluding hydrogens is 375 g/mol. The van der Waals surface area contributed by atoms with Gasteiger partial charge in [0.05, 0.1) is 11.6 Å². The van der Waals surface area contributed by atoms with Crippen LogP contribution in [-0.4, -0.2) is 23.5 Å². The van der Waals surface area contributed by atoms with E-state index in [2.05, 4.69) is 6.92 Å². The van der Waals surface area contributed by atoms with Crippen molar-refractivity contribution in [3.05, 3.63) is 27.2 Å². The molecule has 0 aliphatic heterocycles. The lowest BCUT2D eigenvalue weighted by molar-refractivity contribution is -0.137. The molecule has 3 rings (SSSR count). The lowest BCUT2D eigenvalue weighted by atomic mass is 9.73. The normalized spacial score (nSPS) is 22.7. The van der Waals surface area contributed by atoms with E-state index in [1.165, 1.54) is 12.8 Å². The van der Waals surface area contributed by atoms with Crippen LogP contribution in [0.1, 0.15) is 67.8 Å². The number of hydrogen-bond donors (Lipinski definition) is 1. The van der Waals surface area contributed by atoms with Gasteiger partial charge in [-0.25, -0.2) is 0 Å². The molecule has 1 N–H and O–H groups in total. The minimum atomic E-state index is -0.812. The Hall–Kier alpha value is -1.26. The number of ether oxygens (including phenoxy) is 1. The number of halogens is 2. The van der Waals surface area contributed by atoms with Gasteiger partial charge < -0.3 is 9.84 Å². The maximum absolute atomic E-state index is 13.1. The van der Waals surface area contributed by atoms with Gasteiger partial charge in [-0.15, -0.1) is 0 Å². The molecule has 6 heteroatoms. The van der Waals surface area contributed by atoms with Gasteiger partial charge in [0.2, 0.25) is 0 Å². The lowest BCUT2D eigenvalue weighted by Gasteiger charge is -2.29. The summed E-state index contributed by atoms with van der Waals surface area (Å²) in [4.78, 5) is 23.7. The molecule has 1 unspecified atom stereocenters. The number of carboxylic acid groups (broad SMARTS) is 1. The van der Waals surface area contributed by atoms with Gasteiger partial charge in [0, 0.05) is 17.4 Å². The van der Waals surface area contributed by atoms with Gasteiger partial charge in [-0.2, -0.15) is 0 Å². The van der Waals surface area contributed by atoms with E-state index in [0.29, 0.717) is 43.1 Å². The summed E-state index contributed by atoms with van der Waals surface area (Å²) in [6.45, 7) is 2.43. The maximum Gasteiger partial charge on any atom is 0.303 e. The number of aliphatic carboxylic acids is 1. The average molecular weight is 399 g/mol. The Bertz CT molecular complexity index is 725. The third-order valence-corrected chi connectivity index (χ3v) is 6.71. The van der Waals surface area contributed by atoms with Gasteiger partial charge in [-0.05, 0) is 49.7 Å². The number of hydrogen-bond acceptors (Lipinski definition) is 3. The van der Waals surface area contributed by atoms with Crippen molar-refractivity contribution in [3.8, 4) is 5.75 Å². The third kappa shape index (κ3) is 3.59. The number of carboxylic acids is 1. The first-order valence-corrected chi connectivity index (χ1v) is 10.0. The summed E-state index contributed by atoms with van der Waals surface area (Å²) >= 11 is 12.8. The van der Waals surface area contributed by atoms with Crippen LogP contribution >= 0.6 is 23.2 Å². The van der Waals surface area contributed by atoms with Gasteiger partial charge in [0.15, 0.2) is 5.78 Å². The highest BCUT2D eigenvalue weighted by molar-refractivity contribution is 6.45. The highest BCUT2D eigenvalue weighted by Gasteiger charge is 2.49. The van der Waals surface area contributed by atoms with E-state index in [9.17, 15) is 9.59 Å². The summed E-state index contributed by atoms with van der Waals surface area (Å²) in [6.07, 6.45) is 6.52. The highest BCUT2D eigenvalue weighted by atomic mass is 35.5. The Morgan fingerprint density at radius 3 is 2.62 bits per heavy atom. The number of ketones is 1. The minimum absolute atomic E-state index is 0.110. The van der Waals surface area contributed by atoms with Crippen LogP contribution in [0.3, 0.4) is 0 Å². The van der Waals surface area contributed by atoms with Crippen molar-refractivity contribution in [1.29, 1.82) is 0 Å². The van der Waals surface area contributed by atoms with Crippen LogP contribution in [0.5, 0.6) is 5.75 Å². The van der Waals surface area contributed by atoms with E-state index in [1.54, 1.807) is 0 Å². The van der Waals surface area contributed by atoms with Crippen LogP contribution in [0, 0.1) is 11.3 Å². The highest BCUT2D eigenvalue weighted by Crippen LogP contribution is 2.52. The van der Waals surface area contributed by atoms with Gasteiger partial charge >= 0.3 is 5.97 Å². The number of rotatable bonds is 7. The lowest BCUT2D eigenvalue weighted by Crippen LogP contribution is -2.32. The largest absolute Gasteiger partial charge is 0.492 e. The number of carbonyl (C=O) groups is 2. The summed E-state index contributed by atoms with van der Waals surface area (Å²) in [6, 6.07) is 1.85. The summed E-state index contributed by atoms with van der Waals surface area (Å²) in [5, 5.41) is 9.23. The van der Waals surface area contributed by atoms with Crippen molar-refractivity contribution in [2.75, 3.05) is 6.61 Å². The number of Topliss-reactive ketones (excluding diaryl/α,β-unsaturated/α-hetero) is 1. The van der Waals surface area contributed by atoms with E-state index < -0.39 is 11.4 Å². The van der Waals surface area contributed by atoms with Crippen LogP contribution in [-0.2, 0) is 11.2 Å². The van der Waals surface area contributed by atoms with Crippen LogP contribution < -0.4 is 4.74 Å². The molecule has 0 spiro atoms. The van der Waals surface area contributed by atoms with E-state index in [1.807, 2.05) is 6.07 Å². The molecule has 4 nitrogen and oxygen atoms in total. The summed E-state index contributed by atoms with van der Waals surface area (Å²) < 4.78 is 5.73. The van der Waals surface area contributed by atoms with Crippen LogP contribution in [0.25, 0.3) is 0 Å². The van der Waals surface area contributed by atoms with Crippen molar-refractivity contribution in [2.45, 2.75) is 58.3 Å². The molecule has 1 atom stereocenters. The first-order chi connectivity index (χ1) is 12.3. The zero-order chi connectivity index (χ0) is 18.9. The first-order valence-electron chi connectivity index (χ1n) is 9.25. The molecule has 0 heterocycles.